The summed E-state index contributed by atoms with van der Waals surface area (Å²) in [6, 6.07) is 6.83. The van der Waals surface area contributed by atoms with Crippen molar-refractivity contribution in [2.75, 3.05) is 72.0 Å². The van der Waals surface area contributed by atoms with Crippen LogP contribution in [0.5, 0.6) is 11.6 Å². The number of aromatic nitrogens is 1. The molecule has 5 N–H and O–H groups in total. The zero-order chi connectivity index (χ0) is 47.4. The molecule has 6 amide bonds. The van der Waals surface area contributed by atoms with E-state index < -0.39 is 59.6 Å². The second-order valence-corrected chi connectivity index (χ2v) is 18.3. The molecule has 0 radical (unpaired) electrons. The first kappa shape index (κ1) is 47.3. The number of carbonyl (C=O) groups is 6. The standard InChI is InChI=1S/C49H59FN8O9/c1-4-32-38(54-46(62)43(32)50)27-67-47-35-23-40(65-3)36(44(51)60)22-34(35)30(24-53-47)13-12-28-8-10-29(11-9-28)25-56(2)18-19-57-20-21-66-31(26-57)16-17-52-37-7-5-6-33-42(37)49(64)58(48(33)63)39-14-15-41(59)55-45(39)61/h5-7,22-24,28-29,31-32,38-39,43,52H,4,8-11,14-21,25-27H2,1-3H3,(H2,51,60)(H,54,62)(H,55,59,61)/t28?,29?,31-,32+,38?,39?,43+/m1/s1. The lowest BCUT2D eigenvalue weighted by Gasteiger charge is -2.35. The van der Waals surface area contributed by atoms with Crippen LogP contribution < -0.4 is 31.2 Å². The maximum Gasteiger partial charge on any atom is 0.264 e. The number of carbonyl (C=O) groups excluding carboxylic acids is 6. The molecule has 0 bridgehead atoms. The number of ether oxygens (including phenoxy) is 3. The van der Waals surface area contributed by atoms with Gasteiger partial charge in [-0.25, -0.2) is 9.37 Å². The molecule has 2 aromatic carbocycles. The molecule has 3 saturated heterocycles. The Morgan fingerprint density at radius 1 is 1.07 bits per heavy atom. The third-order valence-corrected chi connectivity index (χ3v) is 13.9. The molecule has 5 aliphatic rings. The van der Waals surface area contributed by atoms with Crippen LogP contribution in [0.1, 0.15) is 94.9 Å². The molecule has 17 nitrogen and oxygen atoms in total. The summed E-state index contributed by atoms with van der Waals surface area (Å²) in [5.74, 6) is 4.16. The van der Waals surface area contributed by atoms with Gasteiger partial charge in [0.1, 0.15) is 18.4 Å². The van der Waals surface area contributed by atoms with Gasteiger partial charge in [-0.3, -0.25) is 43.9 Å². The highest BCUT2D eigenvalue weighted by molar-refractivity contribution is 6.25. The van der Waals surface area contributed by atoms with Gasteiger partial charge in [-0.05, 0) is 82.2 Å². The number of amides is 6. The largest absolute Gasteiger partial charge is 0.496 e. The lowest BCUT2D eigenvalue weighted by atomic mass is 9.82. The van der Waals surface area contributed by atoms with E-state index in [2.05, 4.69) is 49.6 Å². The number of benzene rings is 2. The van der Waals surface area contributed by atoms with Crippen LogP contribution in [0.2, 0.25) is 0 Å². The van der Waals surface area contributed by atoms with Crippen molar-refractivity contribution >= 4 is 51.9 Å². The number of halogens is 1. The van der Waals surface area contributed by atoms with Gasteiger partial charge in [-0.2, -0.15) is 0 Å². The number of fused-ring (bicyclic) bond motifs is 2. The van der Waals surface area contributed by atoms with Gasteiger partial charge in [0.15, 0.2) is 6.17 Å². The van der Waals surface area contributed by atoms with Gasteiger partial charge in [0.25, 0.3) is 23.6 Å². The van der Waals surface area contributed by atoms with E-state index in [1.807, 2.05) is 6.92 Å². The second kappa shape index (κ2) is 20.8. The fourth-order valence-corrected chi connectivity index (χ4v) is 10.1. The summed E-state index contributed by atoms with van der Waals surface area (Å²) >= 11 is 0. The average molecular weight is 923 g/mol. The molecule has 2 unspecified atom stereocenters. The van der Waals surface area contributed by atoms with Gasteiger partial charge in [-0.15, -0.1) is 0 Å². The molecule has 0 spiro atoms. The average Bonchev–Trinajstić information content (AvgIpc) is 3.75. The molecule has 5 atom stereocenters. The van der Waals surface area contributed by atoms with Crippen molar-refractivity contribution in [3.63, 3.8) is 0 Å². The summed E-state index contributed by atoms with van der Waals surface area (Å²) in [6.45, 7) is 7.46. The Bertz CT molecular complexity index is 2480. The van der Waals surface area contributed by atoms with E-state index in [0.29, 0.717) is 53.9 Å². The molecule has 18 heteroatoms. The number of imide groups is 2. The van der Waals surface area contributed by atoms with Gasteiger partial charge in [0, 0.05) is 80.2 Å². The molecule has 1 aliphatic carbocycles. The zero-order valence-corrected chi connectivity index (χ0v) is 38.2. The third kappa shape index (κ3) is 10.4. The Balaban J connectivity index is 0.797. The Kier molecular flexibility index (Phi) is 14.7. The van der Waals surface area contributed by atoms with E-state index in [1.165, 1.54) is 7.11 Å². The van der Waals surface area contributed by atoms with E-state index in [4.69, 9.17) is 19.9 Å². The summed E-state index contributed by atoms with van der Waals surface area (Å²) < 4.78 is 32.1. The normalized spacial score (nSPS) is 25.4. The topological polar surface area (TPSA) is 215 Å². The van der Waals surface area contributed by atoms with Crippen molar-refractivity contribution in [2.45, 2.75) is 82.6 Å². The third-order valence-electron chi connectivity index (χ3n) is 13.9. The van der Waals surface area contributed by atoms with E-state index in [0.717, 1.165) is 63.3 Å². The lowest BCUT2D eigenvalue weighted by Crippen LogP contribution is -2.54. The number of hydrogen-bond donors (Lipinski definition) is 4. The van der Waals surface area contributed by atoms with Crippen molar-refractivity contribution in [1.82, 2.24) is 30.3 Å². The highest BCUT2D eigenvalue weighted by atomic mass is 19.1. The Morgan fingerprint density at radius 2 is 1.88 bits per heavy atom. The summed E-state index contributed by atoms with van der Waals surface area (Å²) in [5.41, 5.74) is 7.56. The molecule has 1 saturated carbocycles. The van der Waals surface area contributed by atoms with Crippen LogP contribution in [0.25, 0.3) is 10.8 Å². The van der Waals surface area contributed by atoms with Crippen molar-refractivity contribution in [3.05, 3.63) is 58.8 Å². The number of hydrogen-bond acceptors (Lipinski definition) is 13. The van der Waals surface area contributed by atoms with E-state index in [-0.39, 0.29) is 59.8 Å². The Labute approximate surface area is 389 Å². The van der Waals surface area contributed by atoms with E-state index >= 15 is 0 Å². The maximum absolute atomic E-state index is 14.5. The number of primary amides is 1. The van der Waals surface area contributed by atoms with Gasteiger partial charge < -0.3 is 35.5 Å². The van der Waals surface area contributed by atoms with Crippen molar-refractivity contribution < 1.29 is 47.4 Å². The van der Waals surface area contributed by atoms with Crippen molar-refractivity contribution in [2.24, 2.45) is 23.5 Å². The number of morpholine rings is 1. The number of methoxy groups -OCH3 is 1. The number of rotatable bonds is 16. The highest BCUT2D eigenvalue weighted by Crippen LogP contribution is 2.36. The van der Waals surface area contributed by atoms with E-state index in [1.54, 1.807) is 36.5 Å². The molecule has 1 aromatic heterocycles. The first-order valence-electron chi connectivity index (χ1n) is 23.3. The number of nitrogens with two attached hydrogens (primary N) is 1. The first-order chi connectivity index (χ1) is 32.3. The fraction of sp³-hybridized carbons (Fsp3) is 0.531. The minimum Gasteiger partial charge on any atom is -0.496 e. The van der Waals surface area contributed by atoms with Gasteiger partial charge >= 0.3 is 0 Å². The summed E-state index contributed by atoms with van der Waals surface area (Å²) in [4.78, 5) is 85.7. The molecular formula is C49H59FN8O9. The van der Waals surface area contributed by atoms with Crippen LogP contribution in [0, 0.1) is 29.6 Å². The number of alkyl halides is 1. The molecule has 5 heterocycles. The minimum atomic E-state index is -1.59. The molecule has 4 fully saturated rings. The molecular weight excluding hydrogens is 864 g/mol. The number of likely N-dealkylation sites (N-methyl/N-ethyl adjacent to an activating group) is 1. The molecule has 8 rings (SSSR count). The predicted molar refractivity (Wildman–Crippen MR) is 245 cm³/mol. The smallest absolute Gasteiger partial charge is 0.264 e. The fourth-order valence-electron chi connectivity index (χ4n) is 10.1. The van der Waals surface area contributed by atoms with Crippen LogP contribution >= 0.6 is 0 Å². The van der Waals surface area contributed by atoms with E-state index in [9.17, 15) is 33.2 Å². The van der Waals surface area contributed by atoms with Crippen LogP contribution in [0.3, 0.4) is 0 Å². The van der Waals surface area contributed by atoms with Gasteiger partial charge in [0.05, 0.1) is 48.1 Å². The number of nitrogens with one attached hydrogen (secondary N) is 3. The summed E-state index contributed by atoms with van der Waals surface area (Å²) in [5, 5.41) is 9.45. The molecule has 356 valence electrons. The summed E-state index contributed by atoms with van der Waals surface area (Å²) in [6.07, 6.45) is 5.40. The van der Waals surface area contributed by atoms with Crippen LogP contribution in [-0.2, 0) is 19.1 Å². The molecule has 4 aliphatic heterocycles. The number of nitrogens with zero attached hydrogens (tertiary/aromatic N) is 4. The molecule has 3 aromatic rings. The minimum absolute atomic E-state index is 0.00212. The number of piperidine rings is 1. The van der Waals surface area contributed by atoms with Crippen LogP contribution in [0.15, 0.2) is 36.5 Å². The first-order valence-corrected chi connectivity index (χ1v) is 23.3. The van der Waals surface area contributed by atoms with Crippen molar-refractivity contribution in [3.8, 4) is 23.5 Å². The number of pyridine rings is 1. The monoisotopic (exact) mass is 922 g/mol. The lowest BCUT2D eigenvalue weighted by molar-refractivity contribution is -0.136. The zero-order valence-electron chi connectivity index (χ0n) is 38.2. The van der Waals surface area contributed by atoms with Gasteiger partial charge in [-0.1, -0.05) is 24.8 Å². The predicted octanol–water partition coefficient (Wildman–Crippen LogP) is 3.28. The van der Waals surface area contributed by atoms with Crippen LogP contribution in [0.4, 0.5) is 10.1 Å². The quantitative estimate of drug-likeness (QED) is 0.120. The SMILES string of the molecule is CC[C@H]1C(COc2ncc(C#CC3CCC(CN(C)CCN4CCO[C@H](CCNc5cccc6c5C(=O)N(C5CCC(=O)NC5=O)C6=O)C4)CC3)c3cc(C(N)=O)c(OC)cc23)NC(=O)[C@H]1F. The highest BCUT2D eigenvalue weighted by Gasteiger charge is 2.46. The van der Waals surface area contributed by atoms with Crippen LogP contribution in [-0.4, -0.2) is 146 Å². The summed E-state index contributed by atoms with van der Waals surface area (Å²) in [7, 11) is 3.62. The van der Waals surface area contributed by atoms with Gasteiger partial charge in [0.2, 0.25) is 17.7 Å². The number of anilines is 1. The Hall–Kier alpha value is -6.16. The Morgan fingerprint density at radius 3 is 2.63 bits per heavy atom. The maximum atomic E-state index is 14.5. The molecule has 67 heavy (non-hydrogen) atoms. The van der Waals surface area contributed by atoms with Crippen molar-refractivity contribution in [1.29, 1.82) is 0 Å². The second-order valence-electron chi connectivity index (χ2n) is 18.3.